The molecule has 1 unspecified atom stereocenters. The average molecular weight is 216 g/mol. The lowest BCUT2D eigenvalue weighted by Crippen LogP contribution is -2.29. The molecule has 0 spiro atoms. The van der Waals surface area contributed by atoms with Crippen LogP contribution in [0, 0.1) is 0 Å². The minimum Gasteiger partial charge on any atom is -0.390 e. The van der Waals surface area contributed by atoms with Crippen LogP contribution in [0.3, 0.4) is 0 Å². The topological polar surface area (TPSA) is 68.2 Å². The second-order valence-corrected chi connectivity index (χ2v) is 4.15. The van der Waals surface area contributed by atoms with Crippen LogP contribution in [0.1, 0.15) is 13.3 Å². The van der Waals surface area contributed by atoms with Gasteiger partial charge in [-0.15, -0.1) is 0 Å². The van der Waals surface area contributed by atoms with Gasteiger partial charge in [0, 0.05) is 13.1 Å². The number of hydrogen-bond donors (Lipinski definition) is 1. The second-order valence-electron chi connectivity index (χ2n) is 3.16. The fourth-order valence-electron chi connectivity index (χ4n) is 1.04. The van der Waals surface area contributed by atoms with Crippen LogP contribution in [0.4, 0.5) is 12.0 Å². The normalized spacial score (nSPS) is 12.8. The van der Waals surface area contributed by atoms with E-state index >= 15 is 0 Å². The van der Waals surface area contributed by atoms with Crippen LogP contribution in [0.2, 0.25) is 0 Å². The molecule has 80 valence electrons. The summed E-state index contributed by atoms with van der Waals surface area (Å²) < 4.78 is 5.12. The zero-order valence-corrected chi connectivity index (χ0v) is 9.54. The molecule has 1 aromatic rings. The third-order valence-electron chi connectivity index (χ3n) is 2.13. The zero-order valence-electron chi connectivity index (χ0n) is 8.73. The van der Waals surface area contributed by atoms with Gasteiger partial charge >= 0.3 is 12.0 Å². The predicted octanol–water partition coefficient (Wildman–Crippen LogP) is 1.23. The Labute approximate surface area is 88.0 Å². The molecule has 0 aliphatic heterocycles. The smallest absolute Gasteiger partial charge is 0.319 e. The quantitative estimate of drug-likeness (QED) is 0.798. The van der Waals surface area contributed by atoms with Gasteiger partial charge in [-0.1, -0.05) is 10.2 Å². The number of anilines is 2. The second kappa shape index (κ2) is 5.09. The summed E-state index contributed by atoms with van der Waals surface area (Å²) in [5.74, 6) is 1.12. The van der Waals surface area contributed by atoms with E-state index in [1.807, 2.05) is 23.7 Å². The van der Waals surface area contributed by atoms with Crippen molar-refractivity contribution >= 4 is 23.8 Å². The zero-order chi connectivity index (χ0) is 10.6. The van der Waals surface area contributed by atoms with Crippen molar-refractivity contribution in [3.63, 3.8) is 0 Å². The molecule has 14 heavy (non-hydrogen) atoms. The number of nitrogen functional groups attached to an aromatic ring is 1. The van der Waals surface area contributed by atoms with Gasteiger partial charge in [0.1, 0.15) is 0 Å². The maximum Gasteiger partial charge on any atom is 0.319 e. The highest BCUT2D eigenvalue weighted by Gasteiger charge is 2.14. The van der Waals surface area contributed by atoms with Crippen molar-refractivity contribution < 1.29 is 4.42 Å². The van der Waals surface area contributed by atoms with Crippen molar-refractivity contribution in [2.45, 2.75) is 19.4 Å². The summed E-state index contributed by atoms with van der Waals surface area (Å²) in [6.45, 7) is 2.12. The fraction of sp³-hybridized carbons (Fsp3) is 0.750. The van der Waals surface area contributed by atoms with Crippen molar-refractivity contribution in [1.29, 1.82) is 0 Å². The molecule has 0 amide bonds. The van der Waals surface area contributed by atoms with Gasteiger partial charge in [-0.25, -0.2) is 0 Å². The van der Waals surface area contributed by atoms with Crippen LogP contribution in [-0.4, -0.2) is 35.3 Å². The van der Waals surface area contributed by atoms with Crippen LogP contribution in [0.25, 0.3) is 0 Å². The number of hydrogen-bond acceptors (Lipinski definition) is 6. The molecule has 0 saturated heterocycles. The van der Waals surface area contributed by atoms with Gasteiger partial charge in [0.05, 0.1) is 0 Å². The summed E-state index contributed by atoms with van der Waals surface area (Å²) in [5, 5.41) is 7.44. The first kappa shape index (κ1) is 11.2. The van der Waals surface area contributed by atoms with Crippen molar-refractivity contribution in [3.05, 3.63) is 0 Å². The van der Waals surface area contributed by atoms with Crippen LogP contribution in [-0.2, 0) is 0 Å². The van der Waals surface area contributed by atoms with Crippen LogP contribution >= 0.6 is 11.8 Å². The Hall–Kier alpha value is -0.910. The summed E-state index contributed by atoms with van der Waals surface area (Å²) in [4.78, 5) is 1.94. The molecule has 0 radical (unpaired) electrons. The number of nitrogens with two attached hydrogens (primary N) is 1. The summed E-state index contributed by atoms with van der Waals surface area (Å²) >= 11 is 1.83. The summed E-state index contributed by atoms with van der Waals surface area (Å²) in [7, 11) is 1.93. The molecule has 1 aromatic heterocycles. The largest absolute Gasteiger partial charge is 0.390 e. The van der Waals surface area contributed by atoms with E-state index in [-0.39, 0.29) is 6.01 Å². The molecule has 0 aromatic carbocycles. The van der Waals surface area contributed by atoms with Gasteiger partial charge < -0.3 is 15.1 Å². The Bertz CT molecular complexity index is 278. The summed E-state index contributed by atoms with van der Waals surface area (Å²) in [6, 6.07) is 0.974. The van der Waals surface area contributed by atoms with E-state index in [4.69, 9.17) is 10.2 Å². The van der Waals surface area contributed by atoms with Crippen molar-refractivity contribution in [1.82, 2.24) is 10.2 Å². The Balaban J connectivity index is 2.51. The minimum absolute atomic E-state index is 0.115. The molecule has 5 nitrogen and oxygen atoms in total. The van der Waals surface area contributed by atoms with Crippen LogP contribution < -0.4 is 10.6 Å². The molecule has 0 saturated carbocycles. The molecule has 2 N–H and O–H groups in total. The van der Waals surface area contributed by atoms with E-state index in [9.17, 15) is 0 Å². The lowest BCUT2D eigenvalue weighted by Gasteiger charge is -2.21. The van der Waals surface area contributed by atoms with Crippen LogP contribution in [0.15, 0.2) is 4.42 Å². The first-order chi connectivity index (χ1) is 6.65. The molecule has 1 rings (SSSR count). The highest BCUT2D eigenvalue weighted by atomic mass is 32.2. The molecular formula is C8H16N4OS. The third-order valence-corrected chi connectivity index (χ3v) is 2.78. The number of rotatable bonds is 5. The molecule has 1 atom stereocenters. The lowest BCUT2D eigenvalue weighted by molar-refractivity contribution is 0.529. The average Bonchev–Trinajstić information content (AvgIpc) is 2.60. The van der Waals surface area contributed by atoms with E-state index in [1.165, 1.54) is 0 Å². The van der Waals surface area contributed by atoms with E-state index in [1.54, 1.807) is 0 Å². The fourth-order valence-corrected chi connectivity index (χ4v) is 1.62. The van der Waals surface area contributed by atoms with Gasteiger partial charge in [0.2, 0.25) is 0 Å². The number of thioether (sulfide) groups is 1. The van der Waals surface area contributed by atoms with Crippen molar-refractivity contribution in [3.8, 4) is 0 Å². The van der Waals surface area contributed by atoms with Gasteiger partial charge in [-0.3, -0.25) is 0 Å². The van der Waals surface area contributed by atoms with E-state index < -0.39 is 0 Å². The SMILES string of the molecule is CSCCC(C)N(C)c1nnc(N)o1. The molecule has 0 aliphatic carbocycles. The maximum absolute atomic E-state index is 5.35. The third kappa shape index (κ3) is 2.80. The van der Waals surface area contributed by atoms with Gasteiger partial charge in [0.25, 0.3) is 0 Å². The Morgan fingerprint density at radius 2 is 2.29 bits per heavy atom. The minimum atomic E-state index is 0.115. The number of aromatic nitrogens is 2. The molecule has 1 heterocycles. The first-order valence-electron chi connectivity index (χ1n) is 4.46. The molecule has 0 bridgehead atoms. The Morgan fingerprint density at radius 1 is 1.57 bits per heavy atom. The Morgan fingerprint density at radius 3 is 2.79 bits per heavy atom. The van der Waals surface area contributed by atoms with Gasteiger partial charge in [0.15, 0.2) is 0 Å². The summed E-state index contributed by atoms with van der Waals surface area (Å²) in [5.41, 5.74) is 5.35. The van der Waals surface area contributed by atoms with Crippen LogP contribution in [0.5, 0.6) is 0 Å². The molecule has 0 aliphatic rings. The highest BCUT2D eigenvalue weighted by Crippen LogP contribution is 2.16. The molecule has 6 heteroatoms. The standard InChI is InChI=1S/C8H16N4OS/c1-6(4-5-14-3)12(2)8-11-10-7(9)13-8/h6H,4-5H2,1-3H3,(H2,9,10). The van der Waals surface area contributed by atoms with E-state index in [0.29, 0.717) is 12.1 Å². The molecular weight excluding hydrogens is 200 g/mol. The number of nitrogens with zero attached hydrogens (tertiary/aromatic N) is 3. The Kier molecular flexibility index (Phi) is 4.06. The van der Waals surface area contributed by atoms with E-state index in [0.717, 1.165) is 12.2 Å². The van der Waals surface area contributed by atoms with Gasteiger partial charge in [-0.2, -0.15) is 11.8 Å². The van der Waals surface area contributed by atoms with Crippen molar-refractivity contribution in [2.75, 3.05) is 29.7 Å². The van der Waals surface area contributed by atoms with Gasteiger partial charge in [-0.05, 0) is 25.4 Å². The maximum atomic E-state index is 5.35. The van der Waals surface area contributed by atoms with Crippen molar-refractivity contribution in [2.24, 2.45) is 0 Å². The summed E-state index contributed by atoms with van der Waals surface area (Å²) in [6.07, 6.45) is 3.18. The monoisotopic (exact) mass is 216 g/mol. The lowest BCUT2D eigenvalue weighted by atomic mass is 10.2. The first-order valence-corrected chi connectivity index (χ1v) is 5.85. The molecule has 0 fully saturated rings. The van der Waals surface area contributed by atoms with E-state index in [2.05, 4.69) is 23.4 Å². The highest BCUT2D eigenvalue weighted by molar-refractivity contribution is 7.98. The predicted molar refractivity (Wildman–Crippen MR) is 59.6 cm³/mol.